The van der Waals surface area contributed by atoms with Gasteiger partial charge in [0.05, 0.1) is 37.2 Å². The van der Waals surface area contributed by atoms with Crippen LogP contribution in [-0.2, 0) is 23.9 Å². The molecular formula is C28H43BrN2O6. The van der Waals surface area contributed by atoms with Crippen molar-refractivity contribution in [2.45, 2.75) is 87.9 Å². The fourth-order valence-electron chi connectivity index (χ4n) is 6.22. The molecule has 37 heavy (non-hydrogen) atoms. The summed E-state index contributed by atoms with van der Waals surface area (Å²) in [4.78, 5) is 44.8. The van der Waals surface area contributed by atoms with Crippen LogP contribution in [0.1, 0.15) is 59.3 Å². The third-order valence-corrected chi connectivity index (χ3v) is 8.88. The van der Waals surface area contributed by atoms with Crippen molar-refractivity contribution in [2.24, 2.45) is 17.8 Å². The highest BCUT2D eigenvalue weighted by molar-refractivity contribution is 9.09. The number of hydrogen-bond donors (Lipinski definition) is 1. The number of ether oxygens (including phenoxy) is 2. The minimum absolute atomic E-state index is 0.102. The summed E-state index contributed by atoms with van der Waals surface area (Å²) in [5.74, 6) is -2.72. The minimum Gasteiger partial charge on any atom is -0.465 e. The number of hydrogen-bond acceptors (Lipinski definition) is 6. The number of amides is 2. The van der Waals surface area contributed by atoms with Crippen molar-refractivity contribution in [2.75, 3.05) is 26.3 Å². The standard InChI is InChI=1S/C28H43BrN2O6/c1-6-9-11-12-15-36-27(35)21-22-25(33)31(20(17-32)18(4)5)24(28(22)16-19(29)23(21)37-28)26(34)30(13-8-3)14-10-7-2/h6,8,18-24,32H,1,3,7,9-17H2,2,4-5H3/t19?,20-,21-,22-,23-,24?,28?/m0/s1. The Balaban J connectivity index is 1.99. The van der Waals surface area contributed by atoms with Crippen molar-refractivity contribution in [3.05, 3.63) is 25.3 Å². The number of unbranched alkanes of at least 4 members (excludes halogenated alkanes) is 3. The van der Waals surface area contributed by atoms with E-state index in [4.69, 9.17) is 9.47 Å². The van der Waals surface area contributed by atoms with Gasteiger partial charge < -0.3 is 24.4 Å². The van der Waals surface area contributed by atoms with Crippen LogP contribution in [0.2, 0.25) is 0 Å². The second kappa shape index (κ2) is 12.9. The van der Waals surface area contributed by atoms with Gasteiger partial charge in [-0.3, -0.25) is 14.4 Å². The van der Waals surface area contributed by atoms with Gasteiger partial charge >= 0.3 is 5.97 Å². The van der Waals surface area contributed by atoms with Crippen molar-refractivity contribution in [3.8, 4) is 0 Å². The lowest BCUT2D eigenvalue weighted by Gasteiger charge is -2.40. The molecule has 0 aliphatic carbocycles. The zero-order valence-corrected chi connectivity index (χ0v) is 24.0. The molecule has 3 fully saturated rings. The van der Waals surface area contributed by atoms with Crippen molar-refractivity contribution in [1.82, 2.24) is 9.80 Å². The van der Waals surface area contributed by atoms with Crippen LogP contribution in [0.4, 0.5) is 0 Å². The normalized spacial score (nSPS) is 30.9. The van der Waals surface area contributed by atoms with Gasteiger partial charge in [-0.05, 0) is 38.0 Å². The molecule has 2 amide bonds. The van der Waals surface area contributed by atoms with Gasteiger partial charge in [0, 0.05) is 17.9 Å². The van der Waals surface area contributed by atoms with E-state index in [9.17, 15) is 19.5 Å². The summed E-state index contributed by atoms with van der Waals surface area (Å²) in [6, 6.07) is -1.51. The Morgan fingerprint density at radius 2 is 2.03 bits per heavy atom. The number of likely N-dealkylation sites (tertiary alicyclic amines) is 1. The van der Waals surface area contributed by atoms with Gasteiger partial charge in [0.15, 0.2) is 0 Å². The third-order valence-electron chi connectivity index (χ3n) is 8.04. The summed E-state index contributed by atoms with van der Waals surface area (Å²) in [6.07, 6.45) is 7.53. The third kappa shape index (κ3) is 5.55. The molecule has 3 unspecified atom stereocenters. The first-order valence-electron chi connectivity index (χ1n) is 13.6. The van der Waals surface area contributed by atoms with Crippen molar-refractivity contribution in [3.63, 3.8) is 0 Å². The van der Waals surface area contributed by atoms with E-state index in [1.54, 1.807) is 11.0 Å². The van der Waals surface area contributed by atoms with Gasteiger partial charge in [0.2, 0.25) is 11.8 Å². The summed E-state index contributed by atoms with van der Waals surface area (Å²) in [6.45, 7) is 14.3. The summed E-state index contributed by atoms with van der Waals surface area (Å²) in [7, 11) is 0. The highest BCUT2D eigenvalue weighted by Gasteiger charge is 2.77. The molecule has 0 aromatic carbocycles. The van der Waals surface area contributed by atoms with E-state index >= 15 is 0 Å². The van der Waals surface area contributed by atoms with Crippen molar-refractivity contribution < 1.29 is 29.0 Å². The number of carbonyl (C=O) groups is 3. The zero-order chi connectivity index (χ0) is 27.3. The molecule has 3 heterocycles. The summed E-state index contributed by atoms with van der Waals surface area (Å²) < 4.78 is 12.2. The molecule has 2 bridgehead atoms. The Morgan fingerprint density at radius 3 is 2.62 bits per heavy atom. The van der Waals surface area contributed by atoms with E-state index in [0.717, 1.165) is 25.7 Å². The van der Waals surface area contributed by atoms with Gasteiger partial charge in [0.25, 0.3) is 0 Å². The molecule has 0 aromatic rings. The van der Waals surface area contributed by atoms with Crippen LogP contribution in [-0.4, -0.2) is 87.6 Å². The average molecular weight is 584 g/mol. The van der Waals surface area contributed by atoms with E-state index < -0.39 is 41.6 Å². The number of halogens is 1. The molecule has 0 aromatic heterocycles. The predicted molar refractivity (Wildman–Crippen MR) is 145 cm³/mol. The molecule has 1 N–H and O–H groups in total. The second-order valence-corrected chi connectivity index (χ2v) is 12.0. The molecule has 7 atom stereocenters. The van der Waals surface area contributed by atoms with E-state index in [0.29, 0.717) is 25.9 Å². The molecule has 3 aliphatic rings. The first-order chi connectivity index (χ1) is 17.7. The number of aliphatic hydroxyl groups excluding tert-OH is 1. The van der Waals surface area contributed by atoms with E-state index in [1.165, 1.54) is 4.90 Å². The first-order valence-corrected chi connectivity index (χ1v) is 14.5. The molecule has 1 spiro atoms. The number of aliphatic hydroxyl groups is 1. The molecule has 9 heteroatoms. The number of alkyl halides is 1. The van der Waals surface area contributed by atoms with Gasteiger partial charge in [-0.25, -0.2) is 0 Å². The van der Waals surface area contributed by atoms with Gasteiger partial charge in [-0.15, -0.1) is 13.2 Å². The SMILES string of the molecule is C=CCCCCOC(=O)[C@H]1[C@H]2C(=O)N([C@@H](CO)C(C)C)C(C(=O)N(CC=C)CCCC)C23CC(Br)[C@@H]1O3. The van der Waals surface area contributed by atoms with Gasteiger partial charge in [-0.1, -0.05) is 55.3 Å². The average Bonchev–Trinajstić information content (AvgIpc) is 3.45. The fraction of sp³-hybridized carbons (Fsp3) is 0.750. The summed E-state index contributed by atoms with van der Waals surface area (Å²) in [5.41, 5.74) is -1.16. The fourth-order valence-corrected chi connectivity index (χ4v) is 7.17. The highest BCUT2D eigenvalue weighted by Crippen LogP contribution is 2.61. The second-order valence-electron chi connectivity index (χ2n) is 10.8. The van der Waals surface area contributed by atoms with E-state index in [1.807, 2.05) is 19.9 Å². The predicted octanol–water partition coefficient (Wildman–Crippen LogP) is 3.47. The maximum atomic E-state index is 14.2. The maximum absolute atomic E-state index is 14.2. The smallest absolute Gasteiger partial charge is 0.312 e. The highest BCUT2D eigenvalue weighted by atomic mass is 79.9. The molecule has 3 saturated heterocycles. The molecule has 3 rings (SSSR count). The van der Waals surface area contributed by atoms with Crippen molar-refractivity contribution in [1.29, 1.82) is 0 Å². The monoisotopic (exact) mass is 582 g/mol. The van der Waals surface area contributed by atoms with E-state index in [2.05, 4.69) is 36.0 Å². The Hall–Kier alpha value is -1.71. The minimum atomic E-state index is -1.16. The first kappa shape index (κ1) is 29.8. The number of nitrogens with zero attached hydrogens (tertiary/aromatic N) is 2. The molecule has 0 radical (unpaired) electrons. The van der Waals surface area contributed by atoms with Crippen LogP contribution in [0, 0.1) is 17.8 Å². The number of fused-ring (bicyclic) bond motifs is 1. The maximum Gasteiger partial charge on any atom is 0.312 e. The van der Waals surface area contributed by atoms with E-state index in [-0.39, 0.29) is 35.8 Å². The zero-order valence-electron chi connectivity index (χ0n) is 22.4. The van der Waals surface area contributed by atoms with Crippen LogP contribution in [0.25, 0.3) is 0 Å². The molecule has 0 saturated carbocycles. The van der Waals surface area contributed by atoms with Crippen LogP contribution in [0.15, 0.2) is 25.3 Å². The number of carbonyl (C=O) groups excluding carboxylic acids is 3. The quantitative estimate of drug-likeness (QED) is 0.137. The Bertz CT molecular complexity index is 866. The Kier molecular flexibility index (Phi) is 10.4. The van der Waals surface area contributed by atoms with Crippen LogP contribution < -0.4 is 0 Å². The van der Waals surface area contributed by atoms with Crippen LogP contribution >= 0.6 is 15.9 Å². The number of esters is 1. The van der Waals surface area contributed by atoms with Crippen LogP contribution in [0.5, 0.6) is 0 Å². The topological polar surface area (TPSA) is 96.4 Å². The lowest BCUT2D eigenvalue weighted by atomic mass is 9.70. The summed E-state index contributed by atoms with van der Waals surface area (Å²) in [5, 5.41) is 10.3. The molecule has 3 aliphatic heterocycles. The largest absolute Gasteiger partial charge is 0.465 e. The molecule has 208 valence electrons. The Labute approximate surface area is 229 Å². The van der Waals surface area contributed by atoms with Crippen molar-refractivity contribution >= 4 is 33.7 Å². The lowest BCUT2D eigenvalue weighted by Crippen LogP contribution is -2.60. The van der Waals surface area contributed by atoms with Crippen LogP contribution in [0.3, 0.4) is 0 Å². The van der Waals surface area contributed by atoms with Gasteiger partial charge in [0.1, 0.15) is 11.6 Å². The van der Waals surface area contributed by atoms with Gasteiger partial charge in [-0.2, -0.15) is 0 Å². The lowest BCUT2D eigenvalue weighted by molar-refractivity contribution is -0.157. The molecular weight excluding hydrogens is 540 g/mol. The summed E-state index contributed by atoms with van der Waals surface area (Å²) >= 11 is 3.68. The number of allylic oxidation sites excluding steroid dienone is 1. The Morgan fingerprint density at radius 1 is 1.30 bits per heavy atom. The molecule has 8 nitrogen and oxygen atoms in total. The number of rotatable bonds is 15.